The largest absolute Gasteiger partial charge is 0.497 e. The van der Waals surface area contributed by atoms with Crippen molar-refractivity contribution in [1.29, 1.82) is 0 Å². The van der Waals surface area contributed by atoms with Gasteiger partial charge in [0.15, 0.2) is 0 Å². The average molecular weight is 435 g/mol. The highest BCUT2D eigenvalue weighted by Gasteiger charge is 2.31. The van der Waals surface area contributed by atoms with Crippen molar-refractivity contribution in [2.24, 2.45) is 5.92 Å². The molecule has 2 amide bonds. The fourth-order valence-electron chi connectivity index (χ4n) is 4.48. The number of nitrogens with zero attached hydrogens (tertiary/aromatic N) is 2. The molecule has 32 heavy (non-hydrogen) atoms. The highest BCUT2D eigenvalue weighted by molar-refractivity contribution is 5.95. The van der Waals surface area contributed by atoms with Crippen LogP contribution < -0.4 is 9.47 Å². The van der Waals surface area contributed by atoms with E-state index in [0.29, 0.717) is 49.5 Å². The van der Waals surface area contributed by atoms with Crippen LogP contribution in [0.4, 0.5) is 0 Å². The van der Waals surface area contributed by atoms with E-state index in [2.05, 4.69) is 18.2 Å². The maximum Gasteiger partial charge on any atom is 0.254 e. The van der Waals surface area contributed by atoms with Crippen molar-refractivity contribution in [1.82, 2.24) is 9.80 Å². The Bertz CT molecular complexity index is 972. The predicted octanol–water partition coefficient (Wildman–Crippen LogP) is 3.87. The summed E-state index contributed by atoms with van der Waals surface area (Å²) in [5, 5.41) is 0. The highest BCUT2D eigenvalue weighted by atomic mass is 16.5. The monoisotopic (exact) mass is 434 g/mol. The number of carbonyl (C=O) groups is 2. The maximum atomic E-state index is 13.1. The van der Waals surface area contributed by atoms with Crippen LogP contribution in [-0.2, 0) is 4.79 Å². The van der Waals surface area contributed by atoms with E-state index < -0.39 is 0 Å². The number of likely N-dealkylation sites (tertiary alicyclic amines) is 1. The maximum absolute atomic E-state index is 13.1. The summed E-state index contributed by atoms with van der Waals surface area (Å²) in [5.74, 6) is 1.31. The van der Waals surface area contributed by atoms with Crippen molar-refractivity contribution in [3.63, 3.8) is 0 Å². The molecule has 1 fully saturated rings. The van der Waals surface area contributed by atoms with Crippen molar-refractivity contribution in [3.8, 4) is 11.5 Å². The molecule has 4 rings (SSSR count). The van der Waals surface area contributed by atoms with Gasteiger partial charge in [-0.2, -0.15) is 0 Å². The summed E-state index contributed by atoms with van der Waals surface area (Å²) >= 11 is 0. The lowest BCUT2D eigenvalue weighted by atomic mass is 9.93. The van der Waals surface area contributed by atoms with Crippen LogP contribution in [0.1, 0.15) is 35.2 Å². The molecular formula is C26H30N2O4. The van der Waals surface area contributed by atoms with E-state index in [1.807, 2.05) is 28.0 Å². The number of benzene rings is 2. The van der Waals surface area contributed by atoms with Crippen LogP contribution in [0.2, 0.25) is 0 Å². The smallest absolute Gasteiger partial charge is 0.254 e. The van der Waals surface area contributed by atoms with Crippen LogP contribution in [0, 0.1) is 5.92 Å². The van der Waals surface area contributed by atoms with E-state index in [0.717, 1.165) is 13.0 Å². The summed E-state index contributed by atoms with van der Waals surface area (Å²) in [4.78, 5) is 29.8. The van der Waals surface area contributed by atoms with Gasteiger partial charge in [0.1, 0.15) is 11.5 Å². The summed E-state index contributed by atoms with van der Waals surface area (Å²) in [7, 11) is 3.14. The molecular weight excluding hydrogens is 404 g/mol. The second kappa shape index (κ2) is 9.90. The van der Waals surface area contributed by atoms with Crippen molar-refractivity contribution in [2.75, 3.05) is 40.4 Å². The molecule has 0 aliphatic carbocycles. The van der Waals surface area contributed by atoms with Gasteiger partial charge in [-0.15, -0.1) is 0 Å². The van der Waals surface area contributed by atoms with E-state index in [1.54, 1.807) is 32.4 Å². The number of methoxy groups -OCH3 is 2. The van der Waals surface area contributed by atoms with Gasteiger partial charge in [-0.3, -0.25) is 9.59 Å². The van der Waals surface area contributed by atoms with Gasteiger partial charge in [0.05, 0.1) is 14.2 Å². The van der Waals surface area contributed by atoms with Crippen LogP contribution in [0.15, 0.2) is 54.6 Å². The number of hydrogen-bond donors (Lipinski definition) is 0. The molecule has 0 aromatic heterocycles. The number of carbonyl (C=O) groups excluding carboxylic acids is 2. The Labute approximate surface area is 189 Å². The van der Waals surface area contributed by atoms with E-state index in [-0.39, 0.29) is 17.7 Å². The third-order valence-electron chi connectivity index (χ3n) is 6.40. The normalized spacial score (nSPS) is 17.0. The SMILES string of the molecule is COc1cc(OC)cc(C(=O)N2CCC(C(=O)N3CC=C(c4ccccc4)CC3)CC2)c1. The van der Waals surface area contributed by atoms with E-state index in [4.69, 9.17) is 9.47 Å². The second-order valence-electron chi connectivity index (χ2n) is 8.30. The van der Waals surface area contributed by atoms with Crippen LogP contribution in [0.25, 0.3) is 5.57 Å². The van der Waals surface area contributed by atoms with Crippen LogP contribution in [-0.4, -0.2) is 62.0 Å². The van der Waals surface area contributed by atoms with Gasteiger partial charge in [-0.25, -0.2) is 0 Å². The van der Waals surface area contributed by atoms with E-state index in [9.17, 15) is 9.59 Å². The Balaban J connectivity index is 1.33. The number of ether oxygens (including phenoxy) is 2. The second-order valence-corrected chi connectivity index (χ2v) is 8.30. The molecule has 2 aliphatic heterocycles. The number of hydrogen-bond acceptors (Lipinski definition) is 4. The third kappa shape index (κ3) is 4.79. The predicted molar refractivity (Wildman–Crippen MR) is 124 cm³/mol. The molecule has 2 heterocycles. The molecule has 0 spiro atoms. The molecule has 0 atom stereocenters. The van der Waals surface area contributed by atoms with E-state index in [1.165, 1.54) is 11.1 Å². The van der Waals surface area contributed by atoms with Gasteiger partial charge >= 0.3 is 0 Å². The Morgan fingerprint density at radius 3 is 2.09 bits per heavy atom. The van der Waals surface area contributed by atoms with Crippen LogP contribution in [0.5, 0.6) is 11.5 Å². The Hall–Kier alpha value is -3.28. The first kappa shape index (κ1) is 21.9. The third-order valence-corrected chi connectivity index (χ3v) is 6.40. The Kier molecular flexibility index (Phi) is 6.78. The molecule has 6 nitrogen and oxygen atoms in total. The summed E-state index contributed by atoms with van der Waals surface area (Å²) in [5.41, 5.74) is 3.09. The lowest BCUT2D eigenvalue weighted by Crippen LogP contribution is -2.45. The molecule has 2 aromatic rings. The Morgan fingerprint density at radius 1 is 0.875 bits per heavy atom. The minimum atomic E-state index is -0.0542. The lowest BCUT2D eigenvalue weighted by Gasteiger charge is -2.35. The zero-order chi connectivity index (χ0) is 22.5. The van der Waals surface area contributed by atoms with Crippen molar-refractivity contribution in [2.45, 2.75) is 19.3 Å². The number of rotatable bonds is 5. The molecule has 1 saturated heterocycles. The fourth-order valence-corrected chi connectivity index (χ4v) is 4.48. The Morgan fingerprint density at radius 2 is 1.53 bits per heavy atom. The molecule has 0 bridgehead atoms. The molecule has 2 aliphatic rings. The van der Waals surface area contributed by atoms with Gasteiger partial charge in [0, 0.05) is 43.7 Å². The first-order chi connectivity index (χ1) is 15.6. The van der Waals surface area contributed by atoms with Gasteiger partial charge in [-0.05, 0) is 42.5 Å². The average Bonchev–Trinajstić information content (AvgIpc) is 2.88. The van der Waals surface area contributed by atoms with Gasteiger partial charge in [0.25, 0.3) is 5.91 Å². The molecule has 168 valence electrons. The first-order valence-electron chi connectivity index (χ1n) is 11.1. The summed E-state index contributed by atoms with van der Waals surface area (Å²) in [6, 6.07) is 15.6. The number of piperidine rings is 1. The lowest BCUT2D eigenvalue weighted by molar-refractivity contribution is -0.136. The minimum absolute atomic E-state index is 0.0226. The molecule has 2 aromatic carbocycles. The van der Waals surface area contributed by atoms with Crippen LogP contribution in [0.3, 0.4) is 0 Å². The summed E-state index contributed by atoms with van der Waals surface area (Å²) < 4.78 is 10.6. The van der Waals surface area contributed by atoms with Gasteiger partial charge in [0.2, 0.25) is 5.91 Å². The van der Waals surface area contributed by atoms with Crippen molar-refractivity contribution in [3.05, 3.63) is 65.7 Å². The quantitative estimate of drug-likeness (QED) is 0.717. The molecule has 0 radical (unpaired) electrons. The molecule has 0 unspecified atom stereocenters. The highest BCUT2D eigenvalue weighted by Crippen LogP contribution is 2.28. The number of amides is 2. The van der Waals surface area contributed by atoms with Crippen molar-refractivity contribution >= 4 is 17.4 Å². The summed E-state index contributed by atoms with van der Waals surface area (Å²) in [6.45, 7) is 2.57. The summed E-state index contributed by atoms with van der Waals surface area (Å²) in [6.07, 6.45) is 4.44. The van der Waals surface area contributed by atoms with Crippen LogP contribution >= 0.6 is 0 Å². The van der Waals surface area contributed by atoms with Gasteiger partial charge in [-0.1, -0.05) is 36.4 Å². The zero-order valence-corrected chi connectivity index (χ0v) is 18.8. The molecule has 0 N–H and O–H groups in total. The van der Waals surface area contributed by atoms with E-state index >= 15 is 0 Å². The first-order valence-corrected chi connectivity index (χ1v) is 11.1. The minimum Gasteiger partial charge on any atom is -0.497 e. The fraction of sp³-hybridized carbons (Fsp3) is 0.385. The standard InChI is InChI=1S/C26H30N2O4/c1-31-23-16-22(17-24(18-23)32-2)26(30)28-14-10-21(11-15-28)25(29)27-12-8-20(9-13-27)19-6-4-3-5-7-19/h3-8,16-18,21H,9-15H2,1-2H3. The van der Waals surface area contributed by atoms with Gasteiger partial charge < -0.3 is 19.3 Å². The molecule has 0 saturated carbocycles. The topological polar surface area (TPSA) is 59.1 Å². The molecule has 6 heteroatoms. The zero-order valence-electron chi connectivity index (χ0n) is 18.8. The van der Waals surface area contributed by atoms with Crippen molar-refractivity contribution < 1.29 is 19.1 Å².